The van der Waals surface area contributed by atoms with Gasteiger partial charge < -0.3 is 4.74 Å². The number of benzene rings is 2. The Morgan fingerprint density at radius 3 is 2.41 bits per heavy atom. The quantitative estimate of drug-likeness (QED) is 0.466. The van der Waals surface area contributed by atoms with Gasteiger partial charge in [0.25, 0.3) is 0 Å². The van der Waals surface area contributed by atoms with Crippen LogP contribution >= 0.6 is 0 Å². The van der Waals surface area contributed by atoms with Crippen molar-refractivity contribution in [2.75, 3.05) is 0 Å². The van der Waals surface area contributed by atoms with Crippen LogP contribution in [0.15, 0.2) is 73.1 Å². The first-order valence-electron chi connectivity index (χ1n) is 9.60. The number of carbonyl (C=O) groups excluding carboxylic acids is 1. The summed E-state index contributed by atoms with van der Waals surface area (Å²) >= 11 is 0. The Morgan fingerprint density at radius 2 is 1.72 bits per heavy atom. The molecule has 0 atom stereocenters. The SMILES string of the molecule is CC(C)(C)OC(=O)c1ccc2c(Cc3ccccc3)n(-c3ccncc3)nc2c1. The smallest absolute Gasteiger partial charge is 0.338 e. The van der Waals surface area contributed by atoms with E-state index >= 15 is 0 Å². The van der Waals surface area contributed by atoms with Gasteiger partial charge in [-0.3, -0.25) is 4.98 Å². The van der Waals surface area contributed by atoms with E-state index in [4.69, 9.17) is 9.84 Å². The highest BCUT2D eigenvalue weighted by Crippen LogP contribution is 2.26. The molecule has 5 nitrogen and oxygen atoms in total. The van der Waals surface area contributed by atoms with Crippen LogP contribution in [0.1, 0.15) is 42.4 Å². The number of rotatable bonds is 4. The van der Waals surface area contributed by atoms with E-state index in [0.717, 1.165) is 28.7 Å². The van der Waals surface area contributed by atoms with Crippen molar-refractivity contribution in [3.8, 4) is 5.69 Å². The maximum absolute atomic E-state index is 12.5. The fourth-order valence-electron chi connectivity index (χ4n) is 3.26. The molecular formula is C24H23N3O2. The molecule has 0 saturated carbocycles. The van der Waals surface area contributed by atoms with Gasteiger partial charge >= 0.3 is 5.97 Å². The van der Waals surface area contributed by atoms with Gasteiger partial charge in [0.1, 0.15) is 5.60 Å². The first-order chi connectivity index (χ1) is 13.9. The summed E-state index contributed by atoms with van der Waals surface area (Å²) in [4.78, 5) is 16.6. The average Bonchev–Trinajstić information content (AvgIpc) is 3.06. The summed E-state index contributed by atoms with van der Waals surface area (Å²) in [6.45, 7) is 5.58. The minimum atomic E-state index is -0.541. The average molecular weight is 385 g/mol. The monoisotopic (exact) mass is 385 g/mol. The van der Waals surface area contributed by atoms with Gasteiger partial charge in [-0.2, -0.15) is 5.10 Å². The Morgan fingerprint density at radius 1 is 1.00 bits per heavy atom. The highest BCUT2D eigenvalue weighted by Gasteiger charge is 2.20. The third kappa shape index (κ3) is 4.19. The Hall–Kier alpha value is -3.47. The van der Waals surface area contributed by atoms with Crippen molar-refractivity contribution in [1.82, 2.24) is 14.8 Å². The summed E-state index contributed by atoms with van der Waals surface area (Å²) in [6, 6.07) is 19.7. The normalized spacial score (nSPS) is 11.6. The van der Waals surface area contributed by atoms with Crippen molar-refractivity contribution in [3.63, 3.8) is 0 Å². The fourth-order valence-corrected chi connectivity index (χ4v) is 3.26. The molecule has 4 aromatic rings. The molecule has 146 valence electrons. The molecule has 0 aliphatic rings. The largest absolute Gasteiger partial charge is 0.456 e. The minimum Gasteiger partial charge on any atom is -0.456 e. The number of ether oxygens (including phenoxy) is 1. The highest BCUT2D eigenvalue weighted by molar-refractivity contribution is 5.95. The number of nitrogens with zero attached hydrogens (tertiary/aromatic N) is 3. The van der Waals surface area contributed by atoms with Gasteiger partial charge in [-0.05, 0) is 50.6 Å². The van der Waals surface area contributed by atoms with E-state index in [1.807, 2.05) is 67.9 Å². The standard InChI is InChI=1S/C24H23N3O2/c1-24(2,3)29-23(28)18-9-10-20-21(16-18)26-27(19-11-13-25-14-12-19)22(20)15-17-7-5-4-6-8-17/h4-14,16H,15H2,1-3H3. The molecule has 29 heavy (non-hydrogen) atoms. The molecule has 0 bridgehead atoms. The summed E-state index contributed by atoms with van der Waals surface area (Å²) < 4.78 is 7.44. The molecule has 4 rings (SSSR count). The van der Waals surface area contributed by atoms with E-state index in [0.29, 0.717) is 5.56 Å². The second kappa shape index (κ2) is 7.51. The van der Waals surface area contributed by atoms with Crippen LogP contribution in [0, 0.1) is 0 Å². The van der Waals surface area contributed by atoms with Gasteiger partial charge in [0.2, 0.25) is 0 Å². The predicted octanol–water partition coefficient (Wildman–Crippen LogP) is 4.97. The minimum absolute atomic E-state index is 0.345. The van der Waals surface area contributed by atoms with Gasteiger partial charge in [0.05, 0.1) is 22.5 Å². The molecule has 0 amide bonds. The number of esters is 1. The van der Waals surface area contributed by atoms with Crippen molar-refractivity contribution in [3.05, 3.63) is 89.9 Å². The van der Waals surface area contributed by atoms with E-state index in [9.17, 15) is 4.79 Å². The molecule has 2 aromatic carbocycles. The van der Waals surface area contributed by atoms with Gasteiger partial charge in [0.15, 0.2) is 0 Å². The molecule has 2 aromatic heterocycles. The lowest BCUT2D eigenvalue weighted by Crippen LogP contribution is -2.23. The predicted molar refractivity (Wildman–Crippen MR) is 113 cm³/mol. The van der Waals surface area contributed by atoms with Gasteiger partial charge in [-0.25, -0.2) is 9.48 Å². The molecular weight excluding hydrogens is 362 g/mol. The number of pyridine rings is 1. The van der Waals surface area contributed by atoms with Crippen LogP contribution in [0.25, 0.3) is 16.6 Å². The Labute approximate surface area is 170 Å². The molecule has 0 aliphatic carbocycles. The second-order valence-electron chi connectivity index (χ2n) is 7.96. The van der Waals surface area contributed by atoms with Gasteiger partial charge in [-0.15, -0.1) is 0 Å². The van der Waals surface area contributed by atoms with Crippen LogP contribution in [0.5, 0.6) is 0 Å². The topological polar surface area (TPSA) is 57.0 Å². The summed E-state index contributed by atoms with van der Waals surface area (Å²) in [5.74, 6) is -0.345. The number of carbonyl (C=O) groups is 1. The number of aromatic nitrogens is 3. The van der Waals surface area contributed by atoms with Crippen molar-refractivity contribution < 1.29 is 9.53 Å². The summed E-state index contributed by atoms with van der Waals surface area (Å²) in [5, 5.41) is 5.81. The lowest BCUT2D eigenvalue weighted by atomic mass is 10.0. The summed E-state index contributed by atoms with van der Waals surface area (Å²) in [7, 11) is 0. The number of hydrogen-bond acceptors (Lipinski definition) is 4. The van der Waals surface area contributed by atoms with Crippen LogP contribution in [0.3, 0.4) is 0 Å². The van der Waals surface area contributed by atoms with Gasteiger partial charge in [-0.1, -0.05) is 36.4 Å². The fraction of sp³-hybridized carbons (Fsp3) is 0.208. The highest BCUT2D eigenvalue weighted by atomic mass is 16.6. The second-order valence-corrected chi connectivity index (χ2v) is 7.96. The number of fused-ring (bicyclic) bond motifs is 1. The number of hydrogen-bond donors (Lipinski definition) is 0. The molecule has 2 heterocycles. The molecule has 0 radical (unpaired) electrons. The zero-order valence-corrected chi connectivity index (χ0v) is 16.8. The molecule has 5 heteroatoms. The molecule has 0 aliphatic heterocycles. The first-order valence-corrected chi connectivity index (χ1v) is 9.60. The van der Waals surface area contributed by atoms with Crippen LogP contribution < -0.4 is 0 Å². The van der Waals surface area contributed by atoms with Crippen LogP contribution in [0.4, 0.5) is 0 Å². The lowest BCUT2D eigenvalue weighted by molar-refractivity contribution is 0.00697. The zero-order valence-electron chi connectivity index (χ0n) is 16.8. The molecule has 0 saturated heterocycles. The Kier molecular flexibility index (Phi) is 4.89. The van der Waals surface area contributed by atoms with Crippen LogP contribution in [-0.2, 0) is 11.2 Å². The Balaban J connectivity index is 1.81. The maximum Gasteiger partial charge on any atom is 0.338 e. The summed E-state index contributed by atoms with van der Waals surface area (Å²) in [5.41, 5.74) is 3.91. The van der Waals surface area contributed by atoms with E-state index in [2.05, 4.69) is 17.1 Å². The molecule has 0 unspecified atom stereocenters. The zero-order chi connectivity index (χ0) is 20.4. The molecule has 0 spiro atoms. The van der Waals surface area contributed by atoms with Crippen LogP contribution in [-0.4, -0.2) is 26.3 Å². The third-order valence-corrected chi connectivity index (χ3v) is 4.53. The van der Waals surface area contributed by atoms with Crippen molar-refractivity contribution in [2.45, 2.75) is 32.8 Å². The Bertz CT molecular complexity index is 1140. The van der Waals surface area contributed by atoms with Gasteiger partial charge in [0, 0.05) is 24.2 Å². The molecule has 0 fully saturated rings. The van der Waals surface area contributed by atoms with E-state index in [-0.39, 0.29) is 5.97 Å². The van der Waals surface area contributed by atoms with E-state index < -0.39 is 5.60 Å². The van der Waals surface area contributed by atoms with Crippen molar-refractivity contribution >= 4 is 16.9 Å². The van der Waals surface area contributed by atoms with Crippen LogP contribution in [0.2, 0.25) is 0 Å². The third-order valence-electron chi connectivity index (χ3n) is 4.53. The van der Waals surface area contributed by atoms with E-state index in [1.165, 1.54) is 5.56 Å². The lowest BCUT2D eigenvalue weighted by Gasteiger charge is -2.19. The van der Waals surface area contributed by atoms with E-state index in [1.54, 1.807) is 18.5 Å². The van der Waals surface area contributed by atoms with Crippen molar-refractivity contribution in [1.29, 1.82) is 0 Å². The van der Waals surface area contributed by atoms with Crippen molar-refractivity contribution in [2.24, 2.45) is 0 Å². The first kappa shape index (κ1) is 18.9. The molecule has 0 N–H and O–H groups in total. The summed E-state index contributed by atoms with van der Waals surface area (Å²) in [6.07, 6.45) is 4.23. The maximum atomic E-state index is 12.5.